The van der Waals surface area contributed by atoms with Crippen molar-refractivity contribution in [3.05, 3.63) is 53.1 Å². The molecule has 1 aliphatic rings. The van der Waals surface area contributed by atoms with Crippen molar-refractivity contribution in [3.63, 3.8) is 0 Å². The van der Waals surface area contributed by atoms with Crippen LogP contribution in [0.2, 0.25) is 0 Å². The summed E-state index contributed by atoms with van der Waals surface area (Å²) in [5.41, 5.74) is 1.89. The summed E-state index contributed by atoms with van der Waals surface area (Å²) in [4.78, 5) is 9.71. The number of hydrogen-bond acceptors (Lipinski definition) is 3. The predicted molar refractivity (Wildman–Crippen MR) is 89.9 cm³/mol. The molecular weight excluding hydrogens is 335 g/mol. The van der Waals surface area contributed by atoms with Gasteiger partial charge in [0.1, 0.15) is 0 Å². The smallest absolute Gasteiger partial charge is 0.348 e. The molecule has 2 heterocycles. The van der Waals surface area contributed by atoms with Crippen molar-refractivity contribution in [1.82, 2.24) is 14.9 Å². The van der Waals surface area contributed by atoms with Crippen molar-refractivity contribution in [2.75, 3.05) is 18.6 Å². The van der Waals surface area contributed by atoms with Gasteiger partial charge in [-0.1, -0.05) is 18.2 Å². The highest BCUT2D eigenvalue weighted by Gasteiger charge is 2.35. The van der Waals surface area contributed by atoms with Crippen LogP contribution in [0.25, 0.3) is 0 Å². The number of nitrogens with one attached hydrogen (secondary N) is 1. The van der Waals surface area contributed by atoms with E-state index in [9.17, 15) is 13.2 Å². The highest BCUT2D eigenvalue weighted by molar-refractivity contribution is 7.98. The minimum absolute atomic E-state index is 0.0636. The molecule has 24 heavy (non-hydrogen) atoms. The average Bonchev–Trinajstić information content (AvgIpc) is 3.02. The number of benzene rings is 1. The Kier molecular flexibility index (Phi) is 5.20. The van der Waals surface area contributed by atoms with Crippen LogP contribution in [0.5, 0.6) is 0 Å². The van der Waals surface area contributed by atoms with Gasteiger partial charge in [0.05, 0.1) is 23.6 Å². The Morgan fingerprint density at radius 2 is 2.12 bits per heavy atom. The Hall–Kier alpha value is -1.47. The van der Waals surface area contributed by atoms with Crippen LogP contribution in [0.1, 0.15) is 35.0 Å². The van der Waals surface area contributed by atoms with Crippen LogP contribution in [-0.4, -0.2) is 33.4 Å². The molecule has 0 unspecified atom stereocenters. The Bertz CT molecular complexity index is 684. The van der Waals surface area contributed by atoms with Gasteiger partial charge in [0.25, 0.3) is 0 Å². The highest BCUT2D eigenvalue weighted by Crippen LogP contribution is 2.36. The fourth-order valence-electron chi connectivity index (χ4n) is 3.29. The molecule has 1 N–H and O–H groups in total. The standard InChI is InChI=1S/C17H20F3N3S/c1-24-9-7-15-16-14(21-11-22-16)6-8-23(15)10-12-4-2-3-5-13(12)17(18,19)20/h2-5,11,15H,6-10H2,1H3,(H,21,22)/t15-/m0/s1. The Labute approximate surface area is 143 Å². The molecule has 0 spiro atoms. The number of rotatable bonds is 5. The van der Waals surface area contributed by atoms with E-state index in [-0.39, 0.29) is 6.04 Å². The van der Waals surface area contributed by atoms with Crippen molar-refractivity contribution in [1.29, 1.82) is 0 Å². The Morgan fingerprint density at radius 3 is 2.88 bits per heavy atom. The van der Waals surface area contributed by atoms with Gasteiger partial charge in [0.2, 0.25) is 0 Å². The summed E-state index contributed by atoms with van der Waals surface area (Å²) in [6, 6.07) is 5.92. The van der Waals surface area contributed by atoms with E-state index in [1.807, 2.05) is 6.26 Å². The number of nitrogens with zero attached hydrogens (tertiary/aromatic N) is 2. The second kappa shape index (κ2) is 7.19. The lowest BCUT2D eigenvalue weighted by Crippen LogP contribution is -2.36. The van der Waals surface area contributed by atoms with Crippen LogP contribution in [0.15, 0.2) is 30.6 Å². The molecule has 0 fully saturated rings. The molecule has 1 aromatic heterocycles. The number of halogens is 3. The molecule has 2 aromatic rings. The molecule has 1 atom stereocenters. The molecule has 130 valence electrons. The van der Waals surface area contributed by atoms with E-state index in [0.29, 0.717) is 12.1 Å². The number of H-pyrrole nitrogens is 1. The third-order valence-electron chi connectivity index (χ3n) is 4.45. The van der Waals surface area contributed by atoms with Gasteiger partial charge < -0.3 is 4.98 Å². The predicted octanol–water partition coefficient (Wildman–Crippen LogP) is 4.28. The number of alkyl halides is 3. The zero-order valence-electron chi connectivity index (χ0n) is 13.4. The van der Waals surface area contributed by atoms with Crippen LogP contribution in [0.4, 0.5) is 13.2 Å². The molecular formula is C17H20F3N3S. The second-order valence-corrected chi connectivity index (χ2v) is 6.92. The van der Waals surface area contributed by atoms with Gasteiger partial charge >= 0.3 is 6.18 Å². The van der Waals surface area contributed by atoms with Gasteiger partial charge in [-0.25, -0.2) is 4.98 Å². The largest absolute Gasteiger partial charge is 0.416 e. The molecule has 0 bridgehead atoms. The maximum Gasteiger partial charge on any atom is 0.416 e. The van der Waals surface area contributed by atoms with Gasteiger partial charge in [0.15, 0.2) is 0 Å². The van der Waals surface area contributed by atoms with Crippen molar-refractivity contribution >= 4 is 11.8 Å². The van der Waals surface area contributed by atoms with E-state index in [1.165, 1.54) is 6.07 Å². The second-order valence-electron chi connectivity index (χ2n) is 5.94. The van der Waals surface area contributed by atoms with Crippen molar-refractivity contribution < 1.29 is 13.2 Å². The quantitative estimate of drug-likeness (QED) is 0.869. The first kappa shape index (κ1) is 17.4. The van der Waals surface area contributed by atoms with E-state index in [0.717, 1.165) is 42.6 Å². The number of fused-ring (bicyclic) bond motifs is 1. The summed E-state index contributed by atoms with van der Waals surface area (Å²) in [6.07, 6.45) is 1.08. The molecule has 3 rings (SSSR count). The number of aromatic nitrogens is 2. The summed E-state index contributed by atoms with van der Waals surface area (Å²) >= 11 is 1.74. The zero-order chi connectivity index (χ0) is 17.2. The van der Waals surface area contributed by atoms with Crippen LogP contribution >= 0.6 is 11.8 Å². The summed E-state index contributed by atoms with van der Waals surface area (Å²) in [6.45, 7) is 1.03. The van der Waals surface area contributed by atoms with Gasteiger partial charge in [-0.05, 0) is 30.1 Å². The number of hydrogen-bond donors (Lipinski definition) is 1. The van der Waals surface area contributed by atoms with Crippen LogP contribution in [-0.2, 0) is 19.1 Å². The van der Waals surface area contributed by atoms with Crippen molar-refractivity contribution in [2.45, 2.75) is 31.6 Å². The third kappa shape index (κ3) is 3.62. The van der Waals surface area contributed by atoms with Crippen LogP contribution in [0.3, 0.4) is 0 Å². The van der Waals surface area contributed by atoms with Crippen molar-refractivity contribution in [3.8, 4) is 0 Å². The Balaban J connectivity index is 1.87. The molecule has 0 saturated carbocycles. The van der Waals surface area contributed by atoms with E-state index >= 15 is 0 Å². The maximum atomic E-state index is 13.3. The zero-order valence-corrected chi connectivity index (χ0v) is 14.3. The minimum Gasteiger partial charge on any atom is -0.348 e. The lowest BCUT2D eigenvalue weighted by molar-refractivity contribution is -0.138. The normalized spacial score (nSPS) is 18.6. The topological polar surface area (TPSA) is 31.9 Å². The first-order valence-electron chi connectivity index (χ1n) is 7.91. The van der Waals surface area contributed by atoms with E-state index in [1.54, 1.807) is 30.2 Å². The minimum atomic E-state index is -4.32. The first-order valence-corrected chi connectivity index (χ1v) is 9.30. The summed E-state index contributed by atoms with van der Waals surface area (Å²) in [5, 5.41) is 0. The van der Waals surface area contributed by atoms with Crippen LogP contribution in [0, 0.1) is 0 Å². The van der Waals surface area contributed by atoms with Gasteiger partial charge in [0, 0.05) is 25.2 Å². The average molecular weight is 355 g/mol. The molecule has 1 aliphatic heterocycles. The molecule has 3 nitrogen and oxygen atoms in total. The van der Waals surface area contributed by atoms with Gasteiger partial charge in [-0.15, -0.1) is 0 Å². The summed E-state index contributed by atoms with van der Waals surface area (Å²) < 4.78 is 39.8. The number of thioether (sulfide) groups is 1. The summed E-state index contributed by atoms with van der Waals surface area (Å²) in [5.74, 6) is 0.953. The molecule has 0 aliphatic carbocycles. The third-order valence-corrected chi connectivity index (χ3v) is 5.09. The first-order chi connectivity index (χ1) is 11.5. The van der Waals surface area contributed by atoms with Crippen molar-refractivity contribution in [2.24, 2.45) is 0 Å². The highest BCUT2D eigenvalue weighted by atomic mass is 32.2. The Morgan fingerprint density at radius 1 is 1.33 bits per heavy atom. The molecule has 7 heteroatoms. The fourth-order valence-corrected chi connectivity index (χ4v) is 3.75. The lowest BCUT2D eigenvalue weighted by atomic mass is 9.98. The van der Waals surface area contributed by atoms with Gasteiger partial charge in [-0.2, -0.15) is 24.9 Å². The molecule has 0 amide bonds. The SMILES string of the molecule is CSCC[C@H]1c2nc[nH]c2CCN1Cc1ccccc1C(F)(F)F. The van der Waals surface area contributed by atoms with Gasteiger partial charge in [-0.3, -0.25) is 4.90 Å². The maximum absolute atomic E-state index is 13.3. The molecule has 1 aromatic carbocycles. The van der Waals surface area contributed by atoms with E-state index in [2.05, 4.69) is 14.9 Å². The monoisotopic (exact) mass is 355 g/mol. The lowest BCUT2D eigenvalue weighted by Gasteiger charge is -2.35. The fraction of sp³-hybridized carbons (Fsp3) is 0.471. The molecule has 0 saturated heterocycles. The van der Waals surface area contributed by atoms with E-state index < -0.39 is 11.7 Å². The summed E-state index contributed by atoms with van der Waals surface area (Å²) in [7, 11) is 0. The number of aromatic amines is 1. The number of imidazole rings is 1. The van der Waals surface area contributed by atoms with E-state index in [4.69, 9.17) is 0 Å². The van der Waals surface area contributed by atoms with Crippen LogP contribution < -0.4 is 0 Å². The molecule has 0 radical (unpaired) electrons.